The third-order valence-corrected chi connectivity index (χ3v) is 2.67. The molecule has 1 N–H and O–H groups in total. The van der Waals surface area contributed by atoms with E-state index in [0.717, 1.165) is 17.9 Å². The van der Waals surface area contributed by atoms with Gasteiger partial charge in [-0.3, -0.25) is 4.68 Å². The number of aryl methyl sites for hydroxylation is 2. The molecule has 0 saturated carbocycles. The van der Waals surface area contributed by atoms with E-state index >= 15 is 0 Å². The molecule has 0 aliphatic carbocycles. The first-order valence-electron chi connectivity index (χ1n) is 5.34. The molecular weight excluding hydrogens is 174 g/mol. The standard InChI is InChI=1S/C11H21N3/c1-6-10-7-11(14(5)13-10)12-9(4)8(2)3/h7-9,12H,6H2,1-5H3. The van der Waals surface area contributed by atoms with Crippen molar-refractivity contribution in [1.82, 2.24) is 9.78 Å². The van der Waals surface area contributed by atoms with Gasteiger partial charge in [-0.15, -0.1) is 0 Å². The van der Waals surface area contributed by atoms with Crippen LogP contribution in [-0.4, -0.2) is 15.8 Å². The van der Waals surface area contributed by atoms with Crippen LogP contribution in [0, 0.1) is 5.92 Å². The Balaban J connectivity index is 2.71. The van der Waals surface area contributed by atoms with Crippen LogP contribution in [0.25, 0.3) is 0 Å². The predicted molar refractivity (Wildman–Crippen MR) is 60.5 cm³/mol. The lowest BCUT2D eigenvalue weighted by Gasteiger charge is -2.18. The molecule has 0 aliphatic rings. The summed E-state index contributed by atoms with van der Waals surface area (Å²) < 4.78 is 1.91. The fourth-order valence-electron chi connectivity index (χ4n) is 1.23. The first-order chi connectivity index (χ1) is 6.54. The van der Waals surface area contributed by atoms with Gasteiger partial charge < -0.3 is 5.32 Å². The van der Waals surface area contributed by atoms with Gasteiger partial charge in [0, 0.05) is 19.2 Å². The Morgan fingerprint density at radius 2 is 2.07 bits per heavy atom. The van der Waals surface area contributed by atoms with Crippen LogP contribution in [0.1, 0.15) is 33.4 Å². The number of hydrogen-bond donors (Lipinski definition) is 1. The van der Waals surface area contributed by atoms with E-state index in [1.807, 2.05) is 11.7 Å². The minimum atomic E-state index is 0.482. The number of hydrogen-bond acceptors (Lipinski definition) is 2. The Kier molecular flexibility index (Phi) is 3.55. The van der Waals surface area contributed by atoms with Gasteiger partial charge in [-0.25, -0.2) is 0 Å². The predicted octanol–water partition coefficient (Wildman–Crippen LogP) is 2.44. The van der Waals surface area contributed by atoms with Crippen LogP contribution in [0.15, 0.2) is 6.07 Å². The highest BCUT2D eigenvalue weighted by molar-refractivity contribution is 5.38. The van der Waals surface area contributed by atoms with Crippen molar-refractivity contribution in [3.63, 3.8) is 0 Å². The van der Waals surface area contributed by atoms with Crippen LogP contribution in [0.4, 0.5) is 5.82 Å². The molecule has 14 heavy (non-hydrogen) atoms. The molecule has 3 nitrogen and oxygen atoms in total. The van der Waals surface area contributed by atoms with Crippen molar-refractivity contribution < 1.29 is 0 Å². The Morgan fingerprint density at radius 1 is 1.43 bits per heavy atom. The maximum atomic E-state index is 4.40. The number of nitrogens with zero attached hydrogens (tertiary/aromatic N) is 2. The fraction of sp³-hybridized carbons (Fsp3) is 0.727. The molecule has 1 heterocycles. The minimum absolute atomic E-state index is 0.482. The highest BCUT2D eigenvalue weighted by Crippen LogP contribution is 2.13. The second-order valence-corrected chi connectivity index (χ2v) is 4.18. The fourth-order valence-corrected chi connectivity index (χ4v) is 1.23. The summed E-state index contributed by atoms with van der Waals surface area (Å²) >= 11 is 0. The van der Waals surface area contributed by atoms with E-state index in [1.54, 1.807) is 0 Å². The molecule has 1 aromatic rings. The molecule has 1 atom stereocenters. The average molecular weight is 195 g/mol. The molecule has 0 saturated heterocycles. The summed E-state index contributed by atoms with van der Waals surface area (Å²) in [6.45, 7) is 8.75. The van der Waals surface area contributed by atoms with Crippen LogP contribution in [-0.2, 0) is 13.5 Å². The Morgan fingerprint density at radius 3 is 2.50 bits per heavy atom. The lowest BCUT2D eigenvalue weighted by Crippen LogP contribution is -2.22. The maximum absolute atomic E-state index is 4.40. The molecule has 0 aliphatic heterocycles. The number of anilines is 1. The molecular formula is C11H21N3. The van der Waals surface area contributed by atoms with Gasteiger partial charge in [0.05, 0.1) is 5.69 Å². The molecule has 1 unspecified atom stereocenters. The summed E-state index contributed by atoms with van der Waals surface area (Å²) in [5.74, 6) is 1.75. The van der Waals surface area contributed by atoms with E-state index in [-0.39, 0.29) is 0 Å². The second kappa shape index (κ2) is 4.49. The molecule has 0 spiro atoms. The quantitative estimate of drug-likeness (QED) is 0.799. The summed E-state index contributed by atoms with van der Waals surface area (Å²) in [6.07, 6.45) is 0.992. The van der Waals surface area contributed by atoms with Gasteiger partial charge in [0.1, 0.15) is 5.82 Å². The molecule has 0 fully saturated rings. The van der Waals surface area contributed by atoms with E-state index in [1.165, 1.54) is 0 Å². The van der Waals surface area contributed by atoms with Crippen molar-refractivity contribution in [1.29, 1.82) is 0 Å². The highest BCUT2D eigenvalue weighted by Gasteiger charge is 2.09. The molecule has 0 amide bonds. The van der Waals surface area contributed by atoms with Gasteiger partial charge in [0.25, 0.3) is 0 Å². The monoisotopic (exact) mass is 195 g/mol. The van der Waals surface area contributed by atoms with Crippen molar-refractivity contribution >= 4 is 5.82 Å². The van der Waals surface area contributed by atoms with Crippen LogP contribution in [0.3, 0.4) is 0 Å². The third-order valence-electron chi connectivity index (χ3n) is 2.67. The molecule has 0 aromatic carbocycles. The second-order valence-electron chi connectivity index (χ2n) is 4.18. The Bertz CT molecular complexity index is 289. The van der Waals surface area contributed by atoms with E-state index in [4.69, 9.17) is 0 Å². The smallest absolute Gasteiger partial charge is 0.124 e. The highest BCUT2D eigenvalue weighted by atomic mass is 15.3. The first-order valence-corrected chi connectivity index (χ1v) is 5.34. The maximum Gasteiger partial charge on any atom is 0.124 e. The minimum Gasteiger partial charge on any atom is -0.368 e. The zero-order valence-electron chi connectivity index (χ0n) is 9.83. The van der Waals surface area contributed by atoms with Crippen LogP contribution < -0.4 is 5.32 Å². The molecule has 3 heteroatoms. The summed E-state index contributed by atoms with van der Waals surface area (Å²) in [5, 5.41) is 7.86. The van der Waals surface area contributed by atoms with E-state index in [2.05, 4.69) is 44.2 Å². The van der Waals surface area contributed by atoms with Crippen LogP contribution >= 0.6 is 0 Å². The topological polar surface area (TPSA) is 29.9 Å². The first kappa shape index (κ1) is 11.1. The van der Waals surface area contributed by atoms with Gasteiger partial charge >= 0.3 is 0 Å². The van der Waals surface area contributed by atoms with Crippen molar-refractivity contribution in [3.8, 4) is 0 Å². The van der Waals surface area contributed by atoms with Gasteiger partial charge in [-0.2, -0.15) is 5.10 Å². The van der Waals surface area contributed by atoms with Gasteiger partial charge in [-0.05, 0) is 19.3 Å². The van der Waals surface area contributed by atoms with Crippen LogP contribution in [0.2, 0.25) is 0 Å². The summed E-state index contributed by atoms with van der Waals surface area (Å²) in [5.41, 5.74) is 1.14. The third kappa shape index (κ3) is 2.50. The zero-order chi connectivity index (χ0) is 10.7. The Hall–Kier alpha value is -0.990. The summed E-state index contributed by atoms with van der Waals surface area (Å²) in [6, 6.07) is 2.61. The molecule has 0 radical (unpaired) electrons. The van der Waals surface area contributed by atoms with Crippen molar-refractivity contribution in [2.45, 2.75) is 40.2 Å². The molecule has 0 bridgehead atoms. The summed E-state index contributed by atoms with van der Waals surface area (Å²) in [7, 11) is 1.98. The Labute approximate surface area is 86.5 Å². The zero-order valence-corrected chi connectivity index (χ0v) is 9.83. The largest absolute Gasteiger partial charge is 0.368 e. The van der Waals surface area contributed by atoms with E-state index in [9.17, 15) is 0 Å². The number of nitrogens with one attached hydrogen (secondary N) is 1. The van der Waals surface area contributed by atoms with Crippen molar-refractivity contribution in [2.24, 2.45) is 13.0 Å². The SMILES string of the molecule is CCc1cc(NC(C)C(C)C)n(C)n1. The van der Waals surface area contributed by atoms with Crippen LogP contribution in [0.5, 0.6) is 0 Å². The van der Waals surface area contributed by atoms with Crippen molar-refractivity contribution in [3.05, 3.63) is 11.8 Å². The lowest BCUT2D eigenvalue weighted by atomic mass is 10.1. The molecule has 80 valence electrons. The van der Waals surface area contributed by atoms with E-state index in [0.29, 0.717) is 12.0 Å². The van der Waals surface area contributed by atoms with E-state index < -0.39 is 0 Å². The summed E-state index contributed by atoms with van der Waals surface area (Å²) in [4.78, 5) is 0. The molecule has 1 rings (SSSR count). The van der Waals surface area contributed by atoms with Gasteiger partial charge in [0.2, 0.25) is 0 Å². The number of aromatic nitrogens is 2. The average Bonchev–Trinajstić information content (AvgIpc) is 2.47. The van der Waals surface area contributed by atoms with Gasteiger partial charge in [-0.1, -0.05) is 20.8 Å². The van der Waals surface area contributed by atoms with Crippen molar-refractivity contribution in [2.75, 3.05) is 5.32 Å². The van der Waals surface area contributed by atoms with Gasteiger partial charge in [0.15, 0.2) is 0 Å². The normalized spacial score (nSPS) is 13.3. The number of rotatable bonds is 4. The molecule has 1 aromatic heterocycles. The lowest BCUT2D eigenvalue weighted by molar-refractivity contribution is 0.553.